The van der Waals surface area contributed by atoms with Gasteiger partial charge in [-0.3, -0.25) is 0 Å². The summed E-state index contributed by atoms with van der Waals surface area (Å²) in [6.45, 7) is 3.36. The van der Waals surface area contributed by atoms with E-state index in [2.05, 4.69) is 22.6 Å². The van der Waals surface area contributed by atoms with Crippen LogP contribution >= 0.6 is 22.9 Å². The first kappa shape index (κ1) is 14.6. The zero-order valence-corrected chi connectivity index (χ0v) is 13.6. The predicted octanol–water partition coefficient (Wildman–Crippen LogP) is 3.91. The lowest BCUT2D eigenvalue weighted by molar-refractivity contribution is 0.297. The zero-order valence-electron chi connectivity index (χ0n) is 12.0. The SMILES string of the molecule is CNC(C)c1csc(-c2cc(Cl)c3c(c2)OCCCO3)n1. The van der Waals surface area contributed by atoms with E-state index < -0.39 is 0 Å². The predicted molar refractivity (Wildman–Crippen MR) is 85.6 cm³/mol. The van der Waals surface area contributed by atoms with Crippen molar-refractivity contribution in [3.8, 4) is 22.1 Å². The van der Waals surface area contributed by atoms with Gasteiger partial charge < -0.3 is 14.8 Å². The third kappa shape index (κ3) is 3.00. The molecule has 112 valence electrons. The summed E-state index contributed by atoms with van der Waals surface area (Å²) in [6, 6.07) is 4.08. The van der Waals surface area contributed by atoms with Gasteiger partial charge in [-0.1, -0.05) is 11.6 Å². The largest absolute Gasteiger partial charge is 0.489 e. The van der Waals surface area contributed by atoms with E-state index >= 15 is 0 Å². The van der Waals surface area contributed by atoms with Crippen molar-refractivity contribution >= 4 is 22.9 Å². The fourth-order valence-corrected chi connectivity index (χ4v) is 3.29. The first-order valence-corrected chi connectivity index (χ1v) is 8.17. The molecule has 0 fully saturated rings. The Hall–Kier alpha value is -1.30. The van der Waals surface area contributed by atoms with Crippen molar-refractivity contribution in [1.29, 1.82) is 0 Å². The number of benzene rings is 1. The van der Waals surface area contributed by atoms with Gasteiger partial charge in [-0.05, 0) is 26.1 Å². The lowest BCUT2D eigenvalue weighted by Gasteiger charge is -2.10. The lowest BCUT2D eigenvalue weighted by Crippen LogP contribution is -2.12. The zero-order chi connectivity index (χ0) is 14.8. The van der Waals surface area contributed by atoms with Gasteiger partial charge in [-0.15, -0.1) is 11.3 Å². The van der Waals surface area contributed by atoms with E-state index in [1.165, 1.54) is 0 Å². The minimum absolute atomic E-state index is 0.228. The molecule has 0 spiro atoms. The molecule has 0 saturated heterocycles. The fourth-order valence-electron chi connectivity index (χ4n) is 2.12. The van der Waals surface area contributed by atoms with Gasteiger partial charge in [-0.2, -0.15) is 0 Å². The quantitative estimate of drug-likeness (QED) is 0.929. The van der Waals surface area contributed by atoms with Crippen LogP contribution in [0.2, 0.25) is 5.02 Å². The number of nitrogens with zero attached hydrogens (tertiary/aromatic N) is 1. The van der Waals surface area contributed by atoms with E-state index in [-0.39, 0.29) is 6.04 Å². The van der Waals surface area contributed by atoms with Crippen LogP contribution in [-0.4, -0.2) is 25.2 Å². The molecule has 1 aliphatic heterocycles. The number of hydrogen-bond donors (Lipinski definition) is 1. The van der Waals surface area contributed by atoms with Crippen molar-refractivity contribution in [3.63, 3.8) is 0 Å². The second-order valence-electron chi connectivity index (χ2n) is 4.92. The van der Waals surface area contributed by atoms with Crippen LogP contribution in [0, 0.1) is 0 Å². The van der Waals surface area contributed by atoms with Gasteiger partial charge in [0.2, 0.25) is 0 Å². The smallest absolute Gasteiger partial charge is 0.179 e. The van der Waals surface area contributed by atoms with Crippen molar-refractivity contribution in [2.24, 2.45) is 0 Å². The van der Waals surface area contributed by atoms with Crippen LogP contribution < -0.4 is 14.8 Å². The molecular weight excluding hydrogens is 308 g/mol. The number of nitrogens with one attached hydrogen (secondary N) is 1. The molecule has 21 heavy (non-hydrogen) atoms. The molecule has 0 bridgehead atoms. The van der Waals surface area contributed by atoms with Crippen molar-refractivity contribution in [3.05, 3.63) is 28.2 Å². The van der Waals surface area contributed by atoms with Crippen LogP contribution in [0.15, 0.2) is 17.5 Å². The Kier molecular flexibility index (Phi) is 4.33. The van der Waals surface area contributed by atoms with E-state index in [4.69, 9.17) is 21.1 Å². The second-order valence-corrected chi connectivity index (χ2v) is 6.19. The highest BCUT2D eigenvalue weighted by Crippen LogP contribution is 2.41. The summed E-state index contributed by atoms with van der Waals surface area (Å²) in [6.07, 6.45) is 0.863. The minimum atomic E-state index is 0.228. The second kappa shape index (κ2) is 6.22. The molecule has 6 heteroatoms. The van der Waals surface area contributed by atoms with Crippen LogP contribution in [-0.2, 0) is 0 Å². The Bertz CT molecular complexity index is 645. The van der Waals surface area contributed by atoms with Crippen molar-refractivity contribution in [2.75, 3.05) is 20.3 Å². The maximum absolute atomic E-state index is 6.33. The van der Waals surface area contributed by atoms with Gasteiger partial charge in [0.05, 0.1) is 23.9 Å². The Balaban J connectivity index is 1.97. The van der Waals surface area contributed by atoms with Crippen molar-refractivity contribution in [2.45, 2.75) is 19.4 Å². The standard InChI is InChI=1S/C15H17ClN2O2S/c1-9(17-2)12-8-21-15(18-12)10-6-11(16)14-13(7-10)19-4-3-5-20-14/h6-9,17H,3-5H2,1-2H3. The van der Waals surface area contributed by atoms with Gasteiger partial charge in [0.1, 0.15) is 5.01 Å². The summed E-state index contributed by atoms with van der Waals surface area (Å²) in [7, 11) is 1.92. The third-order valence-corrected chi connectivity index (χ3v) is 4.64. The molecule has 1 unspecified atom stereocenters. The molecule has 0 aliphatic carbocycles. The summed E-state index contributed by atoms with van der Waals surface area (Å²) in [5, 5.41) is 6.76. The van der Waals surface area contributed by atoms with Gasteiger partial charge in [-0.25, -0.2) is 4.98 Å². The molecule has 1 aromatic heterocycles. The summed E-state index contributed by atoms with van der Waals surface area (Å²) >= 11 is 7.93. The van der Waals surface area contributed by atoms with E-state index in [1.807, 2.05) is 19.2 Å². The summed E-state index contributed by atoms with van der Waals surface area (Å²) in [5.74, 6) is 1.34. The Morgan fingerprint density at radius 2 is 2.14 bits per heavy atom. The highest BCUT2D eigenvalue weighted by Gasteiger charge is 2.18. The Morgan fingerprint density at radius 1 is 1.33 bits per heavy atom. The summed E-state index contributed by atoms with van der Waals surface area (Å²) in [5.41, 5.74) is 1.99. The number of halogens is 1. The lowest BCUT2D eigenvalue weighted by atomic mass is 10.2. The molecule has 0 saturated carbocycles. The molecule has 3 rings (SSSR count). The first-order chi connectivity index (χ1) is 10.2. The molecule has 1 atom stereocenters. The maximum atomic E-state index is 6.33. The van der Waals surface area contributed by atoms with Crippen LogP contribution in [0.25, 0.3) is 10.6 Å². The number of thiazole rings is 1. The van der Waals surface area contributed by atoms with Gasteiger partial charge in [0.15, 0.2) is 11.5 Å². The first-order valence-electron chi connectivity index (χ1n) is 6.91. The van der Waals surface area contributed by atoms with Crippen molar-refractivity contribution < 1.29 is 9.47 Å². The van der Waals surface area contributed by atoms with Crippen LogP contribution in [0.4, 0.5) is 0 Å². The highest BCUT2D eigenvalue weighted by molar-refractivity contribution is 7.13. The maximum Gasteiger partial charge on any atom is 0.179 e. The monoisotopic (exact) mass is 324 g/mol. The van der Waals surface area contributed by atoms with E-state index in [9.17, 15) is 0 Å². The van der Waals surface area contributed by atoms with Crippen LogP contribution in [0.5, 0.6) is 11.5 Å². The highest BCUT2D eigenvalue weighted by atomic mass is 35.5. The molecule has 0 radical (unpaired) electrons. The normalized spacial score (nSPS) is 15.6. The van der Waals surface area contributed by atoms with Gasteiger partial charge in [0, 0.05) is 23.4 Å². The minimum Gasteiger partial charge on any atom is -0.489 e. The molecule has 1 N–H and O–H groups in total. The summed E-state index contributed by atoms with van der Waals surface area (Å²) in [4.78, 5) is 4.67. The topological polar surface area (TPSA) is 43.4 Å². The third-order valence-electron chi connectivity index (χ3n) is 3.45. The molecule has 1 aromatic carbocycles. The summed E-state index contributed by atoms with van der Waals surface area (Å²) < 4.78 is 11.4. The molecule has 2 heterocycles. The molecule has 2 aromatic rings. The van der Waals surface area contributed by atoms with Gasteiger partial charge >= 0.3 is 0 Å². The van der Waals surface area contributed by atoms with E-state index in [0.717, 1.165) is 22.7 Å². The molecule has 0 amide bonds. The average Bonchev–Trinajstić information content (AvgIpc) is 2.86. The number of fused-ring (bicyclic) bond motifs is 1. The fraction of sp³-hybridized carbons (Fsp3) is 0.400. The van der Waals surface area contributed by atoms with Gasteiger partial charge in [0.25, 0.3) is 0 Å². The van der Waals surface area contributed by atoms with Crippen molar-refractivity contribution in [1.82, 2.24) is 10.3 Å². The number of aromatic nitrogens is 1. The number of ether oxygens (including phenoxy) is 2. The van der Waals surface area contributed by atoms with Crippen LogP contribution in [0.3, 0.4) is 0 Å². The van der Waals surface area contributed by atoms with Crippen LogP contribution in [0.1, 0.15) is 25.1 Å². The van der Waals surface area contributed by atoms with E-state index in [0.29, 0.717) is 29.7 Å². The number of hydrogen-bond acceptors (Lipinski definition) is 5. The number of rotatable bonds is 3. The Labute approximate surface area is 133 Å². The van der Waals surface area contributed by atoms with E-state index in [1.54, 1.807) is 11.3 Å². The molecular formula is C15H17ClN2O2S. The average molecular weight is 325 g/mol. The molecule has 1 aliphatic rings. The Morgan fingerprint density at radius 3 is 2.95 bits per heavy atom. The molecule has 4 nitrogen and oxygen atoms in total.